The Labute approximate surface area is 143 Å². The quantitative estimate of drug-likeness (QED) is 0.564. The van der Waals surface area contributed by atoms with Gasteiger partial charge in [-0.3, -0.25) is 0 Å². The highest BCUT2D eigenvalue weighted by Crippen LogP contribution is 2.25. The van der Waals surface area contributed by atoms with E-state index in [1.807, 2.05) is 49.4 Å². The van der Waals surface area contributed by atoms with Crippen LogP contribution in [0, 0.1) is 13.8 Å². The molecule has 2 aromatic carbocycles. The molecule has 4 rings (SSSR count). The molecule has 0 N–H and O–H groups in total. The van der Waals surface area contributed by atoms with Crippen molar-refractivity contribution < 1.29 is 4.74 Å². The summed E-state index contributed by atoms with van der Waals surface area (Å²) in [4.78, 5) is 0.775. The molecule has 4 aromatic rings. The summed E-state index contributed by atoms with van der Waals surface area (Å²) in [5, 5.41) is 14.0. The molecule has 0 radical (unpaired) electrons. The lowest BCUT2D eigenvalue weighted by Crippen LogP contribution is -1.99. The number of hydrogen-bond donors (Lipinski definition) is 0. The topological polar surface area (TPSA) is 52.3 Å². The van der Waals surface area contributed by atoms with Crippen LogP contribution in [0.25, 0.3) is 16.3 Å². The molecular formula is C18H16N4OS. The Morgan fingerprint density at radius 1 is 0.958 bits per heavy atom. The van der Waals surface area contributed by atoms with E-state index in [-0.39, 0.29) is 0 Å². The minimum absolute atomic E-state index is 0.423. The molecule has 0 fully saturated rings. The summed E-state index contributed by atoms with van der Waals surface area (Å²) in [6, 6.07) is 16.1. The van der Waals surface area contributed by atoms with E-state index in [2.05, 4.69) is 28.3 Å². The van der Waals surface area contributed by atoms with Crippen molar-refractivity contribution in [3.05, 3.63) is 64.7 Å². The molecule has 0 aliphatic rings. The highest BCUT2D eigenvalue weighted by molar-refractivity contribution is 7.16. The van der Waals surface area contributed by atoms with E-state index in [0.29, 0.717) is 6.61 Å². The summed E-state index contributed by atoms with van der Waals surface area (Å²) in [6.07, 6.45) is 0. The van der Waals surface area contributed by atoms with Crippen molar-refractivity contribution >= 4 is 16.3 Å². The van der Waals surface area contributed by atoms with E-state index in [1.165, 1.54) is 11.3 Å². The maximum Gasteiger partial charge on any atom is 0.235 e. The van der Waals surface area contributed by atoms with Gasteiger partial charge in [0.15, 0.2) is 10.8 Å². The van der Waals surface area contributed by atoms with E-state index in [9.17, 15) is 0 Å². The summed E-state index contributed by atoms with van der Waals surface area (Å²) in [7, 11) is 0. The van der Waals surface area contributed by atoms with Crippen LogP contribution in [-0.4, -0.2) is 19.8 Å². The number of hydrogen-bond acceptors (Lipinski definition) is 5. The standard InChI is InChI=1S/C18H16N4OS/c1-12-7-3-5-9-14(12)17-19-20-18-22(17)21-16(24-18)11-23-15-10-6-4-8-13(15)2/h3-10H,11H2,1-2H3. The number of ether oxygens (including phenoxy) is 1. The Balaban J connectivity index is 1.63. The van der Waals surface area contributed by atoms with E-state index in [1.54, 1.807) is 4.52 Å². The normalized spacial score (nSPS) is 11.1. The molecule has 0 saturated heterocycles. The van der Waals surface area contributed by atoms with Crippen LogP contribution in [0.4, 0.5) is 0 Å². The maximum absolute atomic E-state index is 5.88. The van der Waals surface area contributed by atoms with Gasteiger partial charge in [-0.1, -0.05) is 53.8 Å². The Morgan fingerprint density at radius 2 is 1.71 bits per heavy atom. The van der Waals surface area contributed by atoms with E-state index in [4.69, 9.17) is 4.74 Å². The fourth-order valence-electron chi connectivity index (χ4n) is 2.56. The number of aryl methyl sites for hydroxylation is 2. The lowest BCUT2D eigenvalue weighted by molar-refractivity contribution is 0.302. The molecule has 0 spiro atoms. The van der Waals surface area contributed by atoms with Crippen LogP contribution in [0.15, 0.2) is 48.5 Å². The van der Waals surface area contributed by atoms with Gasteiger partial charge in [0.2, 0.25) is 4.96 Å². The van der Waals surface area contributed by atoms with Gasteiger partial charge in [-0.2, -0.15) is 9.61 Å². The van der Waals surface area contributed by atoms with Crippen molar-refractivity contribution in [3.8, 4) is 17.1 Å². The van der Waals surface area contributed by atoms with Crippen molar-refractivity contribution in [2.45, 2.75) is 20.5 Å². The van der Waals surface area contributed by atoms with E-state index in [0.717, 1.165) is 38.2 Å². The molecular weight excluding hydrogens is 320 g/mol. The number of fused-ring (bicyclic) bond motifs is 1. The molecule has 2 aromatic heterocycles. The highest BCUT2D eigenvalue weighted by atomic mass is 32.1. The average molecular weight is 336 g/mol. The fourth-order valence-corrected chi connectivity index (χ4v) is 3.31. The SMILES string of the molecule is Cc1ccccc1OCc1nn2c(-c3ccccc3C)nnc2s1. The van der Waals surface area contributed by atoms with Gasteiger partial charge in [0.1, 0.15) is 12.4 Å². The molecule has 5 nitrogen and oxygen atoms in total. The lowest BCUT2D eigenvalue weighted by Gasteiger charge is -2.06. The Hall–Kier alpha value is -2.73. The highest BCUT2D eigenvalue weighted by Gasteiger charge is 2.15. The Bertz CT molecular complexity index is 1010. The summed E-state index contributed by atoms with van der Waals surface area (Å²) in [5.41, 5.74) is 3.31. The third kappa shape index (κ3) is 2.65. The van der Waals surface area contributed by atoms with E-state index >= 15 is 0 Å². The maximum atomic E-state index is 5.88. The van der Waals surface area contributed by atoms with E-state index < -0.39 is 0 Å². The third-order valence-corrected chi connectivity index (χ3v) is 4.74. The van der Waals surface area contributed by atoms with Crippen molar-refractivity contribution in [3.63, 3.8) is 0 Å². The predicted molar refractivity (Wildman–Crippen MR) is 94.3 cm³/mol. The molecule has 0 bridgehead atoms. The van der Waals surface area contributed by atoms with Crippen molar-refractivity contribution in [2.75, 3.05) is 0 Å². The second-order valence-electron chi connectivity index (χ2n) is 5.58. The van der Waals surface area contributed by atoms with Crippen molar-refractivity contribution in [2.24, 2.45) is 0 Å². The first-order valence-electron chi connectivity index (χ1n) is 7.68. The monoisotopic (exact) mass is 336 g/mol. The Kier molecular flexibility index (Phi) is 3.74. The number of aromatic nitrogens is 4. The number of para-hydroxylation sites is 1. The average Bonchev–Trinajstić information content (AvgIpc) is 3.15. The lowest BCUT2D eigenvalue weighted by atomic mass is 10.1. The number of nitrogens with zero attached hydrogens (tertiary/aromatic N) is 4. The van der Waals surface area contributed by atoms with Crippen LogP contribution in [0.2, 0.25) is 0 Å². The molecule has 2 heterocycles. The molecule has 0 aliphatic carbocycles. The van der Waals surface area contributed by atoms with Crippen LogP contribution >= 0.6 is 11.3 Å². The fraction of sp³-hybridized carbons (Fsp3) is 0.167. The van der Waals surface area contributed by atoms with Crippen molar-refractivity contribution in [1.82, 2.24) is 19.8 Å². The predicted octanol–water partition coefficient (Wildman–Crippen LogP) is 4.05. The largest absolute Gasteiger partial charge is 0.486 e. The van der Waals surface area contributed by atoms with Gasteiger partial charge >= 0.3 is 0 Å². The molecule has 0 atom stereocenters. The van der Waals surface area contributed by atoms with Gasteiger partial charge in [0, 0.05) is 5.56 Å². The minimum atomic E-state index is 0.423. The van der Waals surface area contributed by atoms with Crippen molar-refractivity contribution in [1.29, 1.82) is 0 Å². The molecule has 0 unspecified atom stereocenters. The number of benzene rings is 2. The van der Waals surface area contributed by atoms with Gasteiger partial charge in [0.05, 0.1) is 0 Å². The van der Waals surface area contributed by atoms with Gasteiger partial charge in [-0.25, -0.2) is 0 Å². The summed E-state index contributed by atoms with van der Waals surface area (Å²) >= 11 is 1.50. The summed E-state index contributed by atoms with van der Waals surface area (Å²) in [5.74, 6) is 1.64. The zero-order valence-corrected chi connectivity index (χ0v) is 14.2. The summed E-state index contributed by atoms with van der Waals surface area (Å²) < 4.78 is 7.67. The second-order valence-corrected chi connectivity index (χ2v) is 6.62. The first-order valence-corrected chi connectivity index (χ1v) is 8.49. The van der Waals surface area contributed by atoms with Crippen LogP contribution in [-0.2, 0) is 6.61 Å². The molecule has 0 aliphatic heterocycles. The Morgan fingerprint density at radius 3 is 2.50 bits per heavy atom. The first kappa shape index (κ1) is 14.8. The zero-order valence-electron chi connectivity index (χ0n) is 13.4. The molecule has 0 amide bonds. The third-order valence-electron chi connectivity index (χ3n) is 3.86. The van der Waals surface area contributed by atoms with Gasteiger partial charge < -0.3 is 4.74 Å². The zero-order chi connectivity index (χ0) is 16.5. The smallest absolute Gasteiger partial charge is 0.235 e. The molecule has 0 saturated carbocycles. The van der Waals surface area contributed by atoms with Gasteiger partial charge in [0.25, 0.3) is 0 Å². The minimum Gasteiger partial charge on any atom is -0.486 e. The van der Waals surface area contributed by atoms with Gasteiger partial charge in [-0.05, 0) is 31.0 Å². The van der Waals surface area contributed by atoms with Crippen LogP contribution < -0.4 is 4.74 Å². The van der Waals surface area contributed by atoms with Crippen LogP contribution in [0.5, 0.6) is 5.75 Å². The summed E-state index contributed by atoms with van der Waals surface area (Å²) in [6.45, 7) is 4.52. The van der Waals surface area contributed by atoms with Gasteiger partial charge in [-0.15, -0.1) is 10.2 Å². The molecule has 6 heteroatoms. The first-order chi connectivity index (χ1) is 11.7. The molecule has 24 heavy (non-hydrogen) atoms. The van der Waals surface area contributed by atoms with Crippen LogP contribution in [0.3, 0.4) is 0 Å². The second kappa shape index (κ2) is 6.05. The van der Waals surface area contributed by atoms with Crippen LogP contribution in [0.1, 0.15) is 16.1 Å². The number of rotatable bonds is 4. The molecule has 120 valence electrons.